The van der Waals surface area contributed by atoms with E-state index in [0.29, 0.717) is 17.0 Å². The van der Waals surface area contributed by atoms with Gasteiger partial charge in [-0.05, 0) is 27.7 Å². The largest absolute Gasteiger partial charge is 0.312 e. The van der Waals surface area contributed by atoms with Crippen molar-refractivity contribution in [2.75, 3.05) is 0 Å². The molecule has 2 aromatic rings. The Morgan fingerprint density at radius 1 is 1.24 bits per heavy atom. The molecule has 0 radical (unpaired) electrons. The van der Waals surface area contributed by atoms with Crippen LogP contribution in [0.15, 0.2) is 24.3 Å². The molecule has 0 N–H and O–H groups in total. The lowest BCUT2D eigenvalue weighted by atomic mass is 10.0. The molecule has 0 spiro atoms. The molecule has 110 valence electrons. The maximum atomic E-state index is 12.5. The molecule has 1 aromatic carbocycles. The number of nitrogens with zero attached hydrogens (tertiary/aromatic N) is 3. The molecule has 6 nitrogen and oxygen atoms in total. The van der Waals surface area contributed by atoms with E-state index in [2.05, 4.69) is 5.10 Å². The van der Waals surface area contributed by atoms with E-state index >= 15 is 0 Å². The normalized spacial score (nSPS) is 12.2. The van der Waals surface area contributed by atoms with Crippen LogP contribution in [-0.2, 0) is 0 Å². The van der Waals surface area contributed by atoms with Gasteiger partial charge in [0, 0.05) is 5.56 Å². The zero-order valence-corrected chi connectivity index (χ0v) is 12.5. The lowest BCUT2D eigenvalue weighted by molar-refractivity contribution is -0.386. The number of benzene rings is 1. The van der Waals surface area contributed by atoms with Crippen molar-refractivity contribution in [2.24, 2.45) is 0 Å². The molecular weight excluding hydrogens is 270 g/mol. The van der Waals surface area contributed by atoms with Crippen molar-refractivity contribution in [3.8, 4) is 0 Å². The third kappa shape index (κ3) is 2.69. The van der Waals surface area contributed by atoms with Gasteiger partial charge in [-0.3, -0.25) is 19.6 Å². The molecule has 1 atom stereocenters. The summed E-state index contributed by atoms with van der Waals surface area (Å²) in [6.45, 7) is 6.83. The Bertz CT molecular complexity index is 702. The summed E-state index contributed by atoms with van der Waals surface area (Å²) in [7, 11) is 0. The third-order valence-electron chi connectivity index (χ3n) is 3.55. The maximum Gasteiger partial charge on any atom is 0.312 e. The predicted octanol–water partition coefficient (Wildman–Crippen LogP) is 3.16. The van der Waals surface area contributed by atoms with Crippen LogP contribution in [0.2, 0.25) is 0 Å². The SMILES string of the molecule is Cc1ccc(C(=O)C(C)n2nc(C)c([N+](=O)[O-])c2C)cc1. The van der Waals surface area contributed by atoms with Crippen molar-refractivity contribution in [1.29, 1.82) is 0 Å². The van der Waals surface area contributed by atoms with Gasteiger partial charge < -0.3 is 0 Å². The summed E-state index contributed by atoms with van der Waals surface area (Å²) >= 11 is 0. The first-order valence-corrected chi connectivity index (χ1v) is 6.64. The molecule has 0 aliphatic carbocycles. The summed E-state index contributed by atoms with van der Waals surface area (Å²) in [6.07, 6.45) is 0. The molecule has 0 aliphatic heterocycles. The Morgan fingerprint density at radius 2 is 1.81 bits per heavy atom. The highest BCUT2D eigenvalue weighted by atomic mass is 16.6. The number of Topliss-reactive ketones (excluding diaryl/α,β-unsaturated/α-hetero) is 1. The Morgan fingerprint density at radius 3 is 2.29 bits per heavy atom. The van der Waals surface area contributed by atoms with Crippen LogP contribution in [-0.4, -0.2) is 20.5 Å². The van der Waals surface area contributed by atoms with Crippen molar-refractivity contribution in [2.45, 2.75) is 33.7 Å². The van der Waals surface area contributed by atoms with Crippen LogP contribution < -0.4 is 0 Å². The Balaban J connectivity index is 2.38. The van der Waals surface area contributed by atoms with Gasteiger partial charge in [0.1, 0.15) is 17.4 Å². The quantitative estimate of drug-likeness (QED) is 0.491. The highest BCUT2D eigenvalue weighted by Gasteiger charge is 2.27. The van der Waals surface area contributed by atoms with E-state index in [1.54, 1.807) is 32.9 Å². The minimum absolute atomic E-state index is 0.0291. The highest BCUT2D eigenvalue weighted by molar-refractivity contribution is 5.98. The topological polar surface area (TPSA) is 78.0 Å². The minimum atomic E-state index is -0.583. The summed E-state index contributed by atoms with van der Waals surface area (Å²) in [5.41, 5.74) is 2.33. The lowest BCUT2D eigenvalue weighted by Gasteiger charge is -2.12. The molecular formula is C15H17N3O3. The van der Waals surface area contributed by atoms with E-state index in [1.165, 1.54) is 4.68 Å². The number of hydrogen-bond donors (Lipinski definition) is 0. The number of aromatic nitrogens is 2. The summed E-state index contributed by atoms with van der Waals surface area (Å²) in [4.78, 5) is 23.0. The fraction of sp³-hybridized carbons (Fsp3) is 0.333. The van der Waals surface area contributed by atoms with Gasteiger partial charge in [-0.25, -0.2) is 0 Å². The van der Waals surface area contributed by atoms with Crippen molar-refractivity contribution >= 4 is 11.5 Å². The van der Waals surface area contributed by atoms with Crippen LogP contribution in [0.5, 0.6) is 0 Å². The molecule has 21 heavy (non-hydrogen) atoms. The van der Waals surface area contributed by atoms with Gasteiger partial charge in [0.05, 0.1) is 4.92 Å². The van der Waals surface area contributed by atoms with Crippen molar-refractivity contribution < 1.29 is 9.72 Å². The molecule has 0 bridgehead atoms. The van der Waals surface area contributed by atoms with Crippen LogP contribution in [0, 0.1) is 30.9 Å². The Hall–Kier alpha value is -2.50. The molecule has 2 rings (SSSR count). The monoisotopic (exact) mass is 287 g/mol. The standard InChI is InChI=1S/C15H17N3O3/c1-9-5-7-13(8-6-9)15(19)12(4)17-11(3)14(18(20)21)10(2)16-17/h5-8,12H,1-4H3. The van der Waals surface area contributed by atoms with Gasteiger partial charge in [-0.15, -0.1) is 0 Å². The molecule has 6 heteroatoms. The zero-order chi connectivity index (χ0) is 15.7. The van der Waals surface area contributed by atoms with Gasteiger partial charge >= 0.3 is 5.69 Å². The second-order valence-corrected chi connectivity index (χ2v) is 5.13. The number of ketones is 1. The number of carbonyl (C=O) groups is 1. The molecule has 0 amide bonds. The Labute approximate surface area is 122 Å². The van der Waals surface area contributed by atoms with Crippen LogP contribution >= 0.6 is 0 Å². The van der Waals surface area contributed by atoms with E-state index in [9.17, 15) is 14.9 Å². The number of nitro groups is 1. The second-order valence-electron chi connectivity index (χ2n) is 5.13. The molecule has 1 aromatic heterocycles. The van der Waals surface area contributed by atoms with Gasteiger partial charge in [-0.2, -0.15) is 5.10 Å². The third-order valence-corrected chi connectivity index (χ3v) is 3.55. The first-order valence-electron chi connectivity index (χ1n) is 6.64. The highest BCUT2D eigenvalue weighted by Crippen LogP contribution is 2.26. The molecule has 0 aliphatic rings. The number of carbonyl (C=O) groups excluding carboxylic acids is 1. The van der Waals surface area contributed by atoms with E-state index in [4.69, 9.17) is 0 Å². The van der Waals surface area contributed by atoms with Gasteiger partial charge in [-0.1, -0.05) is 29.8 Å². The van der Waals surface area contributed by atoms with Crippen LogP contribution in [0.3, 0.4) is 0 Å². The van der Waals surface area contributed by atoms with Crippen LogP contribution in [0.1, 0.15) is 40.3 Å². The molecule has 1 heterocycles. The Kier molecular flexibility index (Phi) is 3.88. The van der Waals surface area contributed by atoms with Crippen molar-refractivity contribution in [3.63, 3.8) is 0 Å². The fourth-order valence-corrected chi connectivity index (χ4v) is 2.37. The minimum Gasteiger partial charge on any atom is -0.292 e. The molecule has 0 saturated carbocycles. The molecule has 0 saturated heterocycles. The zero-order valence-electron chi connectivity index (χ0n) is 12.5. The number of rotatable bonds is 4. The molecule has 1 unspecified atom stereocenters. The second kappa shape index (κ2) is 5.47. The maximum absolute atomic E-state index is 12.5. The van der Waals surface area contributed by atoms with Crippen LogP contribution in [0.4, 0.5) is 5.69 Å². The van der Waals surface area contributed by atoms with Gasteiger partial charge in [0.15, 0.2) is 5.78 Å². The lowest BCUT2D eigenvalue weighted by Crippen LogP contribution is -2.19. The van der Waals surface area contributed by atoms with E-state index in [1.807, 2.05) is 19.1 Å². The average Bonchev–Trinajstić information content (AvgIpc) is 2.73. The summed E-state index contributed by atoms with van der Waals surface area (Å²) < 4.78 is 1.43. The fourth-order valence-electron chi connectivity index (χ4n) is 2.37. The van der Waals surface area contributed by atoms with Crippen molar-refractivity contribution in [3.05, 3.63) is 56.9 Å². The predicted molar refractivity (Wildman–Crippen MR) is 78.6 cm³/mol. The average molecular weight is 287 g/mol. The first-order chi connectivity index (χ1) is 9.82. The van der Waals surface area contributed by atoms with Gasteiger partial charge in [0.2, 0.25) is 0 Å². The van der Waals surface area contributed by atoms with Crippen molar-refractivity contribution in [1.82, 2.24) is 9.78 Å². The number of aryl methyl sites for hydroxylation is 2. The first kappa shape index (κ1) is 14.9. The van der Waals surface area contributed by atoms with Crippen LogP contribution in [0.25, 0.3) is 0 Å². The summed E-state index contributed by atoms with van der Waals surface area (Å²) in [6, 6.07) is 6.66. The van der Waals surface area contributed by atoms with Gasteiger partial charge in [0.25, 0.3) is 0 Å². The van der Waals surface area contributed by atoms with E-state index in [-0.39, 0.29) is 11.5 Å². The smallest absolute Gasteiger partial charge is 0.292 e. The summed E-state index contributed by atoms with van der Waals surface area (Å²) in [5.74, 6) is -0.115. The van der Waals surface area contributed by atoms with E-state index < -0.39 is 11.0 Å². The summed E-state index contributed by atoms with van der Waals surface area (Å²) in [5, 5.41) is 15.2. The number of hydrogen-bond acceptors (Lipinski definition) is 4. The molecule has 0 fully saturated rings. The van der Waals surface area contributed by atoms with E-state index in [0.717, 1.165) is 5.56 Å².